The van der Waals surface area contributed by atoms with Gasteiger partial charge in [-0.1, -0.05) is 48.5 Å². The first-order valence-electron chi connectivity index (χ1n) is 9.08. The normalized spacial score (nSPS) is 19.4. The van der Waals surface area contributed by atoms with Crippen molar-refractivity contribution in [2.24, 2.45) is 0 Å². The summed E-state index contributed by atoms with van der Waals surface area (Å²) in [6, 6.07) is 18.2. The molecule has 3 nitrogen and oxygen atoms in total. The number of rotatable bonds is 3. The lowest BCUT2D eigenvalue weighted by Crippen LogP contribution is -3.06. The highest BCUT2D eigenvalue weighted by Crippen LogP contribution is 2.25. The van der Waals surface area contributed by atoms with Gasteiger partial charge < -0.3 is 10.6 Å². The molecule has 0 bridgehead atoms. The van der Waals surface area contributed by atoms with E-state index in [1.54, 1.807) is 0 Å². The van der Waals surface area contributed by atoms with Gasteiger partial charge in [-0.3, -0.25) is 4.79 Å². The van der Waals surface area contributed by atoms with Gasteiger partial charge >= 0.3 is 0 Å². The number of quaternary nitrogens is 1. The molecule has 1 amide bonds. The standard InChI is InChI=1S/C22H28N2O/c1-21(2)14-17(15-22(3,4)24-21)23-20(25)19-13-9-8-12-18(19)16-10-6-5-7-11-16/h5-13,17,24H,14-15H2,1-4H3,(H,23,25)/p+1. The molecule has 0 aromatic heterocycles. The predicted molar refractivity (Wildman–Crippen MR) is 102 cm³/mol. The maximum Gasteiger partial charge on any atom is 0.252 e. The second kappa shape index (κ2) is 6.64. The van der Waals surface area contributed by atoms with E-state index in [1.165, 1.54) is 0 Å². The molecule has 1 heterocycles. The molecule has 0 radical (unpaired) electrons. The van der Waals surface area contributed by atoms with Gasteiger partial charge in [0.05, 0.1) is 11.1 Å². The molecule has 0 saturated carbocycles. The number of carbonyl (C=O) groups is 1. The van der Waals surface area contributed by atoms with Crippen molar-refractivity contribution in [3.63, 3.8) is 0 Å². The molecule has 1 aliphatic rings. The van der Waals surface area contributed by atoms with Crippen LogP contribution < -0.4 is 10.6 Å². The number of hydrogen-bond acceptors (Lipinski definition) is 1. The van der Waals surface area contributed by atoms with Crippen LogP contribution in [0.4, 0.5) is 0 Å². The Morgan fingerprint density at radius 3 is 2.12 bits per heavy atom. The van der Waals surface area contributed by atoms with E-state index in [4.69, 9.17) is 0 Å². The molecule has 0 unspecified atom stereocenters. The minimum atomic E-state index is 0.0259. The average molecular weight is 337 g/mol. The Morgan fingerprint density at radius 2 is 1.48 bits per heavy atom. The minimum Gasteiger partial charge on any atom is -0.349 e. The summed E-state index contributed by atoms with van der Waals surface area (Å²) in [6.07, 6.45) is 1.96. The fraction of sp³-hybridized carbons (Fsp3) is 0.409. The first-order valence-corrected chi connectivity index (χ1v) is 9.08. The summed E-state index contributed by atoms with van der Waals surface area (Å²) >= 11 is 0. The Labute approximate surface area is 150 Å². The monoisotopic (exact) mass is 337 g/mol. The van der Waals surface area contributed by atoms with E-state index in [9.17, 15) is 4.79 Å². The Kier molecular flexibility index (Phi) is 4.70. The van der Waals surface area contributed by atoms with E-state index in [0.29, 0.717) is 0 Å². The van der Waals surface area contributed by atoms with Gasteiger partial charge in [-0.2, -0.15) is 0 Å². The van der Waals surface area contributed by atoms with E-state index in [-0.39, 0.29) is 23.0 Å². The van der Waals surface area contributed by atoms with Crippen LogP contribution in [0.2, 0.25) is 0 Å². The highest BCUT2D eigenvalue weighted by atomic mass is 16.1. The van der Waals surface area contributed by atoms with Crippen molar-refractivity contribution in [3.05, 3.63) is 60.2 Å². The summed E-state index contributed by atoms with van der Waals surface area (Å²) in [5.41, 5.74) is 3.09. The summed E-state index contributed by atoms with van der Waals surface area (Å²) in [6.45, 7) is 9.02. The number of amides is 1. The maximum absolute atomic E-state index is 13.0. The molecule has 3 N–H and O–H groups in total. The smallest absolute Gasteiger partial charge is 0.252 e. The van der Waals surface area contributed by atoms with Crippen molar-refractivity contribution < 1.29 is 10.1 Å². The molecule has 0 spiro atoms. The average Bonchev–Trinajstić information content (AvgIpc) is 2.52. The van der Waals surface area contributed by atoms with Crippen LogP contribution in [0.1, 0.15) is 50.9 Å². The summed E-state index contributed by atoms with van der Waals surface area (Å²) in [5, 5.41) is 5.73. The molecular formula is C22H29N2O+. The topological polar surface area (TPSA) is 45.7 Å². The number of hydrogen-bond donors (Lipinski definition) is 2. The number of carbonyl (C=O) groups excluding carboxylic acids is 1. The highest BCUT2D eigenvalue weighted by molar-refractivity contribution is 6.01. The first kappa shape index (κ1) is 17.7. The molecule has 0 aliphatic carbocycles. The Balaban J connectivity index is 1.83. The van der Waals surface area contributed by atoms with E-state index in [1.807, 2.05) is 54.6 Å². The zero-order chi connectivity index (χ0) is 18.1. The van der Waals surface area contributed by atoms with Crippen LogP contribution in [0.5, 0.6) is 0 Å². The van der Waals surface area contributed by atoms with Gasteiger partial charge in [0.2, 0.25) is 0 Å². The number of benzene rings is 2. The summed E-state index contributed by atoms with van der Waals surface area (Å²) < 4.78 is 0. The van der Waals surface area contributed by atoms with Crippen LogP contribution >= 0.6 is 0 Å². The van der Waals surface area contributed by atoms with Gasteiger partial charge in [-0.05, 0) is 44.9 Å². The van der Waals surface area contributed by atoms with Crippen LogP contribution in [0.25, 0.3) is 11.1 Å². The van der Waals surface area contributed by atoms with Crippen molar-refractivity contribution >= 4 is 5.91 Å². The van der Waals surface area contributed by atoms with Gasteiger partial charge in [0.15, 0.2) is 0 Å². The molecule has 1 aliphatic heterocycles. The third-order valence-electron chi connectivity index (χ3n) is 4.92. The number of nitrogens with one attached hydrogen (secondary N) is 1. The van der Waals surface area contributed by atoms with Crippen LogP contribution in [0.15, 0.2) is 54.6 Å². The molecule has 132 valence electrons. The Morgan fingerprint density at radius 1 is 0.920 bits per heavy atom. The fourth-order valence-corrected chi connectivity index (χ4v) is 4.43. The molecule has 1 fully saturated rings. The number of nitrogens with two attached hydrogens (primary N) is 1. The van der Waals surface area contributed by atoms with Crippen molar-refractivity contribution in [1.82, 2.24) is 5.32 Å². The second-order valence-electron chi connectivity index (χ2n) is 8.61. The first-order chi connectivity index (χ1) is 11.8. The summed E-state index contributed by atoms with van der Waals surface area (Å²) in [7, 11) is 0. The lowest BCUT2D eigenvalue weighted by molar-refractivity contribution is -0.787. The summed E-state index contributed by atoms with van der Waals surface area (Å²) in [4.78, 5) is 13.0. The van der Waals surface area contributed by atoms with Crippen molar-refractivity contribution in [1.29, 1.82) is 0 Å². The zero-order valence-electron chi connectivity index (χ0n) is 15.7. The lowest BCUT2D eigenvalue weighted by atomic mass is 9.79. The van der Waals surface area contributed by atoms with Gasteiger partial charge in [0, 0.05) is 24.4 Å². The maximum atomic E-state index is 13.0. The Bertz CT molecular complexity index is 734. The van der Waals surface area contributed by atoms with E-state index < -0.39 is 0 Å². The highest BCUT2D eigenvalue weighted by Gasteiger charge is 2.42. The van der Waals surface area contributed by atoms with Crippen molar-refractivity contribution in [2.75, 3.05) is 0 Å². The quantitative estimate of drug-likeness (QED) is 0.886. The van der Waals surface area contributed by atoms with Crippen LogP contribution in [0, 0.1) is 0 Å². The van der Waals surface area contributed by atoms with E-state index in [2.05, 4.69) is 38.3 Å². The fourth-order valence-electron chi connectivity index (χ4n) is 4.43. The van der Waals surface area contributed by atoms with Crippen LogP contribution in [-0.2, 0) is 0 Å². The molecule has 2 aromatic rings. The molecule has 1 saturated heterocycles. The largest absolute Gasteiger partial charge is 0.349 e. The van der Waals surface area contributed by atoms with Crippen LogP contribution in [-0.4, -0.2) is 23.0 Å². The predicted octanol–water partition coefficient (Wildman–Crippen LogP) is 3.37. The second-order valence-corrected chi connectivity index (χ2v) is 8.61. The molecule has 0 atom stereocenters. The molecule has 25 heavy (non-hydrogen) atoms. The number of piperidine rings is 1. The van der Waals surface area contributed by atoms with Gasteiger partial charge in [0.1, 0.15) is 0 Å². The summed E-state index contributed by atoms with van der Waals surface area (Å²) in [5.74, 6) is 0.0259. The Hall–Kier alpha value is -2.13. The van der Waals surface area contributed by atoms with Gasteiger partial charge in [-0.25, -0.2) is 0 Å². The van der Waals surface area contributed by atoms with E-state index in [0.717, 1.165) is 29.5 Å². The molecular weight excluding hydrogens is 308 g/mol. The van der Waals surface area contributed by atoms with Crippen molar-refractivity contribution in [3.8, 4) is 11.1 Å². The molecule has 3 rings (SSSR count). The third-order valence-corrected chi connectivity index (χ3v) is 4.92. The SMILES string of the molecule is CC1(C)CC(NC(=O)c2ccccc2-c2ccccc2)CC(C)(C)[NH2+]1. The molecule has 3 heteroatoms. The minimum absolute atomic E-state index is 0.0259. The zero-order valence-corrected chi connectivity index (χ0v) is 15.7. The van der Waals surface area contributed by atoms with Gasteiger partial charge in [0.25, 0.3) is 5.91 Å². The van der Waals surface area contributed by atoms with Crippen LogP contribution in [0.3, 0.4) is 0 Å². The van der Waals surface area contributed by atoms with Crippen molar-refractivity contribution in [2.45, 2.75) is 57.7 Å². The third kappa shape index (κ3) is 4.29. The van der Waals surface area contributed by atoms with E-state index >= 15 is 0 Å². The lowest BCUT2D eigenvalue weighted by Gasteiger charge is -2.43. The molecule has 2 aromatic carbocycles. The van der Waals surface area contributed by atoms with Gasteiger partial charge in [-0.15, -0.1) is 0 Å².